The fraction of sp³-hybridized carbons (Fsp3) is 0.562. The number of esters is 1. The highest BCUT2D eigenvalue weighted by atomic mass is 32.2. The number of cyclic esters (lactones) is 1. The summed E-state index contributed by atoms with van der Waals surface area (Å²) in [6.45, 7) is 0. The molecule has 3 rings (SSSR count). The first-order valence-electron chi connectivity index (χ1n) is 7.22. The predicted octanol–water partition coefficient (Wildman–Crippen LogP) is 4.19. The zero-order chi connectivity index (χ0) is 13.1. The Kier molecular flexibility index (Phi) is 3.83. The van der Waals surface area contributed by atoms with Crippen molar-refractivity contribution in [1.82, 2.24) is 0 Å². The standard InChI is InChI=1S/C16H20O2S/c17-15-10-9-14(18-15)16(11-5-2-6-12-16)19-13-7-3-1-4-8-13/h1,3-4,7-8,14H,2,5-6,9-12H2. The van der Waals surface area contributed by atoms with Gasteiger partial charge in [-0.1, -0.05) is 37.5 Å². The lowest BCUT2D eigenvalue weighted by Crippen LogP contribution is -2.40. The molecule has 1 heterocycles. The number of benzene rings is 1. The first-order valence-corrected chi connectivity index (χ1v) is 8.04. The molecule has 0 radical (unpaired) electrons. The summed E-state index contributed by atoms with van der Waals surface area (Å²) in [7, 11) is 0. The summed E-state index contributed by atoms with van der Waals surface area (Å²) in [5.74, 6) is -0.0105. The fourth-order valence-electron chi connectivity index (χ4n) is 3.26. The number of carbonyl (C=O) groups excluding carboxylic acids is 1. The maximum absolute atomic E-state index is 11.5. The lowest BCUT2D eigenvalue weighted by atomic mass is 9.83. The number of hydrogen-bond donors (Lipinski definition) is 0. The number of ether oxygens (including phenoxy) is 1. The molecule has 3 heteroatoms. The van der Waals surface area contributed by atoms with Gasteiger partial charge in [-0.3, -0.25) is 4.79 Å². The van der Waals surface area contributed by atoms with E-state index >= 15 is 0 Å². The van der Waals surface area contributed by atoms with Crippen LogP contribution in [0.1, 0.15) is 44.9 Å². The van der Waals surface area contributed by atoms with Crippen molar-refractivity contribution in [3.8, 4) is 0 Å². The number of hydrogen-bond acceptors (Lipinski definition) is 3. The van der Waals surface area contributed by atoms with Crippen LogP contribution in [-0.4, -0.2) is 16.8 Å². The minimum atomic E-state index is -0.0105. The Labute approximate surface area is 118 Å². The largest absolute Gasteiger partial charge is 0.461 e. The molecule has 1 atom stereocenters. The third-order valence-corrected chi connectivity index (χ3v) is 5.82. The molecule has 19 heavy (non-hydrogen) atoms. The average Bonchev–Trinajstić information content (AvgIpc) is 2.88. The van der Waals surface area contributed by atoms with Crippen LogP contribution >= 0.6 is 11.8 Å². The van der Waals surface area contributed by atoms with Gasteiger partial charge in [0, 0.05) is 11.3 Å². The molecule has 2 aliphatic rings. The van der Waals surface area contributed by atoms with Crippen LogP contribution < -0.4 is 0 Å². The molecule has 1 aromatic rings. The van der Waals surface area contributed by atoms with Gasteiger partial charge in [0.25, 0.3) is 0 Å². The summed E-state index contributed by atoms with van der Waals surface area (Å²) in [5, 5.41) is 0. The Balaban J connectivity index is 1.82. The molecule has 1 aliphatic carbocycles. The zero-order valence-corrected chi connectivity index (χ0v) is 12.0. The van der Waals surface area contributed by atoms with Crippen LogP contribution in [0.2, 0.25) is 0 Å². The number of carbonyl (C=O) groups is 1. The molecule has 1 saturated carbocycles. The van der Waals surface area contributed by atoms with Crippen LogP contribution in [-0.2, 0) is 9.53 Å². The molecule has 0 amide bonds. The van der Waals surface area contributed by atoms with E-state index in [4.69, 9.17) is 4.74 Å². The fourth-order valence-corrected chi connectivity index (χ4v) is 4.81. The Morgan fingerprint density at radius 3 is 2.47 bits per heavy atom. The highest BCUT2D eigenvalue weighted by Crippen LogP contribution is 2.49. The summed E-state index contributed by atoms with van der Waals surface area (Å²) >= 11 is 1.93. The molecule has 1 saturated heterocycles. The summed E-state index contributed by atoms with van der Waals surface area (Å²) in [5.41, 5.74) is 0. The second-order valence-corrected chi connectivity index (χ2v) is 7.05. The normalized spacial score (nSPS) is 26.1. The quantitative estimate of drug-likeness (QED) is 0.774. The lowest BCUT2D eigenvalue weighted by molar-refractivity contribution is -0.142. The van der Waals surface area contributed by atoms with Gasteiger partial charge < -0.3 is 4.74 Å². The van der Waals surface area contributed by atoms with Crippen LogP contribution in [0.4, 0.5) is 0 Å². The van der Waals surface area contributed by atoms with Crippen molar-refractivity contribution in [1.29, 1.82) is 0 Å². The van der Waals surface area contributed by atoms with Crippen molar-refractivity contribution in [3.63, 3.8) is 0 Å². The van der Waals surface area contributed by atoms with Gasteiger partial charge in [0.2, 0.25) is 0 Å². The topological polar surface area (TPSA) is 26.3 Å². The Morgan fingerprint density at radius 2 is 1.84 bits per heavy atom. The van der Waals surface area contributed by atoms with Crippen LogP contribution in [0.3, 0.4) is 0 Å². The minimum absolute atomic E-state index is 0.0105. The first kappa shape index (κ1) is 13.0. The van der Waals surface area contributed by atoms with Crippen LogP contribution in [0.5, 0.6) is 0 Å². The second-order valence-electron chi connectivity index (χ2n) is 5.56. The zero-order valence-electron chi connectivity index (χ0n) is 11.1. The highest BCUT2D eigenvalue weighted by molar-refractivity contribution is 8.00. The van der Waals surface area contributed by atoms with E-state index < -0.39 is 0 Å². The van der Waals surface area contributed by atoms with Crippen molar-refractivity contribution in [3.05, 3.63) is 30.3 Å². The van der Waals surface area contributed by atoms with Gasteiger partial charge in [0.1, 0.15) is 6.10 Å². The summed E-state index contributed by atoms with van der Waals surface area (Å²) in [6, 6.07) is 10.5. The lowest BCUT2D eigenvalue weighted by Gasteiger charge is -2.40. The van der Waals surface area contributed by atoms with Crippen LogP contribution in [0.25, 0.3) is 0 Å². The smallest absolute Gasteiger partial charge is 0.306 e. The molecule has 0 aromatic heterocycles. The van der Waals surface area contributed by atoms with Crippen molar-refractivity contribution < 1.29 is 9.53 Å². The molecular formula is C16H20O2S. The molecule has 1 unspecified atom stereocenters. The third kappa shape index (κ3) is 2.81. The van der Waals surface area contributed by atoms with Crippen molar-refractivity contribution in [2.75, 3.05) is 0 Å². The Bertz CT molecular complexity index is 437. The Hall–Kier alpha value is -0.960. The minimum Gasteiger partial charge on any atom is -0.461 e. The molecule has 1 aliphatic heterocycles. The maximum atomic E-state index is 11.5. The van der Waals surface area contributed by atoms with Gasteiger partial charge in [-0.2, -0.15) is 0 Å². The van der Waals surface area contributed by atoms with Gasteiger partial charge in [0.05, 0.1) is 4.75 Å². The predicted molar refractivity (Wildman–Crippen MR) is 77.2 cm³/mol. The maximum Gasteiger partial charge on any atom is 0.306 e. The monoisotopic (exact) mass is 276 g/mol. The Morgan fingerprint density at radius 1 is 1.11 bits per heavy atom. The second kappa shape index (κ2) is 5.58. The molecule has 2 fully saturated rings. The first-order chi connectivity index (χ1) is 9.28. The van der Waals surface area contributed by atoms with Gasteiger partial charge in [0.15, 0.2) is 0 Å². The number of rotatable bonds is 3. The van der Waals surface area contributed by atoms with Gasteiger partial charge in [-0.05, 0) is 31.4 Å². The molecule has 0 spiro atoms. The van der Waals surface area contributed by atoms with Crippen LogP contribution in [0.15, 0.2) is 35.2 Å². The van der Waals surface area contributed by atoms with Crippen molar-refractivity contribution >= 4 is 17.7 Å². The van der Waals surface area contributed by atoms with Gasteiger partial charge in [-0.25, -0.2) is 0 Å². The van der Waals surface area contributed by atoms with E-state index in [9.17, 15) is 4.79 Å². The highest BCUT2D eigenvalue weighted by Gasteiger charge is 2.45. The molecule has 0 N–H and O–H groups in total. The summed E-state index contributed by atoms with van der Waals surface area (Å²) < 4.78 is 5.73. The summed E-state index contributed by atoms with van der Waals surface area (Å²) in [4.78, 5) is 12.8. The van der Waals surface area contributed by atoms with Crippen LogP contribution in [0, 0.1) is 0 Å². The molecular weight excluding hydrogens is 256 g/mol. The molecule has 1 aromatic carbocycles. The number of thioether (sulfide) groups is 1. The summed E-state index contributed by atoms with van der Waals surface area (Å²) in [6.07, 6.45) is 7.79. The van der Waals surface area contributed by atoms with Gasteiger partial charge in [-0.15, -0.1) is 11.8 Å². The van der Waals surface area contributed by atoms with Crippen molar-refractivity contribution in [2.45, 2.75) is 60.7 Å². The molecule has 0 bridgehead atoms. The molecule has 102 valence electrons. The van der Waals surface area contributed by atoms with E-state index in [0.29, 0.717) is 6.42 Å². The van der Waals surface area contributed by atoms with E-state index in [-0.39, 0.29) is 16.8 Å². The molecule has 2 nitrogen and oxygen atoms in total. The van der Waals surface area contributed by atoms with E-state index in [1.807, 2.05) is 17.8 Å². The average molecular weight is 276 g/mol. The van der Waals surface area contributed by atoms with Gasteiger partial charge >= 0.3 is 5.97 Å². The van der Waals surface area contributed by atoms with E-state index in [0.717, 1.165) is 6.42 Å². The van der Waals surface area contributed by atoms with Crippen molar-refractivity contribution in [2.24, 2.45) is 0 Å². The van der Waals surface area contributed by atoms with E-state index in [2.05, 4.69) is 24.3 Å². The SMILES string of the molecule is O=C1CCC(C2(Sc3ccccc3)CCCCC2)O1. The van der Waals surface area contributed by atoms with E-state index in [1.165, 1.54) is 37.0 Å². The third-order valence-electron chi connectivity index (χ3n) is 4.24. The van der Waals surface area contributed by atoms with E-state index in [1.54, 1.807) is 0 Å².